The third kappa shape index (κ3) is 7.06. The largest absolute Gasteiger partial charge is 0.484 e. The van der Waals surface area contributed by atoms with Crippen molar-refractivity contribution in [1.82, 2.24) is 16.0 Å². The lowest BCUT2D eigenvalue weighted by atomic mass is 9.83. The lowest BCUT2D eigenvalue weighted by Gasteiger charge is -2.28. The summed E-state index contributed by atoms with van der Waals surface area (Å²) in [5.74, 6) is 1.44. The molecular weight excluding hydrogens is 352 g/mol. The highest BCUT2D eigenvalue weighted by Crippen LogP contribution is 2.40. The van der Waals surface area contributed by atoms with Gasteiger partial charge in [-0.1, -0.05) is 31.9 Å². The van der Waals surface area contributed by atoms with Crippen LogP contribution >= 0.6 is 0 Å². The van der Waals surface area contributed by atoms with Crippen LogP contribution in [0.4, 0.5) is 0 Å². The number of rotatable bonds is 10. The van der Waals surface area contributed by atoms with Crippen LogP contribution in [0.15, 0.2) is 29.3 Å². The second kappa shape index (κ2) is 11.6. The lowest BCUT2D eigenvalue weighted by molar-refractivity contribution is -0.122. The zero-order valence-electron chi connectivity index (χ0n) is 17.6. The van der Waals surface area contributed by atoms with Crippen molar-refractivity contribution in [3.8, 4) is 5.75 Å². The van der Waals surface area contributed by atoms with Crippen molar-refractivity contribution in [3.63, 3.8) is 0 Å². The highest BCUT2D eigenvalue weighted by molar-refractivity contribution is 5.79. The van der Waals surface area contributed by atoms with Gasteiger partial charge in [-0.05, 0) is 56.2 Å². The van der Waals surface area contributed by atoms with E-state index in [0.29, 0.717) is 24.3 Å². The van der Waals surface area contributed by atoms with E-state index in [2.05, 4.69) is 29.8 Å². The summed E-state index contributed by atoms with van der Waals surface area (Å²) in [6.45, 7) is 9.28. The maximum absolute atomic E-state index is 11.5. The number of guanidine groups is 1. The quantitative estimate of drug-likeness (QED) is 0.425. The Morgan fingerprint density at radius 2 is 1.86 bits per heavy atom. The summed E-state index contributed by atoms with van der Waals surface area (Å²) in [4.78, 5) is 16.3. The second-order valence-electron chi connectivity index (χ2n) is 7.50. The molecule has 156 valence electrons. The van der Waals surface area contributed by atoms with Crippen LogP contribution in [0.3, 0.4) is 0 Å². The van der Waals surface area contributed by atoms with Gasteiger partial charge in [0.25, 0.3) is 5.91 Å². The van der Waals surface area contributed by atoms with E-state index in [1.54, 1.807) is 0 Å². The fraction of sp³-hybridized carbons (Fsp3) is 0.636. The fourth-order valence-corrected chi connectivity index (χ4v) is 3.69. The normalized spacial score (nSPS) is 15.9. The van der Waals surface area contributed by atoms with E-state index in [1.807, 2.05) is 31.2 Å². The average Bonchev–Trinajstić information content (AvgIpc) is 3.19. The molecule has 28 heavy (non-hydrogen) atoms. The van der Waals surface area contributed by atoms with Gasteiger partial charge in [0.1, 0.15) is 5.75 Å². The Hall–Kier alpha value is -2.24. The minimum Gasteiger partial charge on any atom is -0.484 e. The Balaban J connectivity index is 1.92. The minimum absolute atomic E-state index is 0.0316. The van der Waals surface area contributed by atoms with Crippen LogP contribution in [0.5, 0.6) is 5.75 Å². The summed E-state index contributed by atoms with van der Waals surface area (Å²) in [6.07, 6.45) is 6.50. The molecule has 0 spiro atoms. The van der Waals surface area contributed by atoms with Crippen molar-refractivity contribution < 1.29 is 9.53 Å². The van der Waals surface area contributed by atoms with Crippen LogP contribution in [0.1, 0.15) is 58.4 Å². The molecule has 0 bridgehead atoms. The number of hydrogen-bond donors (Lipinski definition) is 3. The van der Waals surface area contributed by atoms with Gasteiger partial charge < -0.3 is 20.7 Å². The molecule has 1 amide bonds. The van der Waals surface area contributed by atoms with Crippen molar-refractivity contribution in [2.24, 2.45) is 10.4 Å². The molecule has 0 heterocycles. The summed E-state index contributed by atoms with van der Waals surface area (Å²) in [5, 5.41) is 9.62. The van der Waals surface area contributed by atoms with Gasteiger partial charge in [-0.15, -0.1) is 0 Å². The molecular formula is C22H36N4O2. The third-order valence-electron chi connectivity index (χ3n) is 5.45. The number of nitrogens with zero attached hydrogens (tertiary/aromatic N) is 1. The molecule has 6 heteroatoms. The molecule has 1 fully saturated rings. The molecule has 6 nitrogen and oxygen atoms in total. The molecule has 1 aromatic rings. The van der Waals surface area contributed by atoms with Crippen LogP contribution in [0.25, 0.3) is 0 Å². The second-order valence-corrected chi connectivity index (χ2v) is 7.50. The predicted octanol–water partition coefficient (Wildman–Crippen LogP) is 3.23. The molecule has 0 atom stereocenters. The zero-order valence-corrected chi connectivity index (χ0v) is 17.6. The van der Waals surface area contributed by atoms with Crippen LogP contribution in [0.2, 0.25) is 0 Å². The first-order valence-corrected chi connectivity index (χ1v) is 10.6. The minimum atomic E-state index is -0.110. The number of carbonyl (C=O) groups excluding carboxylic acids is 1. The van der Waals surface area contributed by atoms with Crippen molar-refractivity contribution in [2.75, 3.05) is 26.2 Å². The van der Waals surface area contributed by atoms with Gasteiger partial charge in [0.05, 0.1) is 6.54 Å². The smallest absolute Gasteiger partial charge is 0.257 e. The molecule has 1 aromatic carbocycles. The van der Waals surface area contributed by atoms with Crippen molar-refractivity contribution in [3.05, 3.63) is 29.8 Å². The van der Waals surface area contributed by atoms with E-state index in [-0.39, 0.29) is 12.5 Å². The number of likely N-dealkylation sites (N-methyl/N-ethyl adjacent to an activating group) is 1. The molecule has 0 aliphatic heterocycles. The van der Waals surface area contributed by atoms with E-state index in [4.69, 9.17) is 9.73 Å². The standard InChI is InChI=1S/C22H36N4O2/c1-4-22(12-7-8-13-22)17-26-21(24-6-3)25-15-18-10-9-11-19(14-18)28-16-20(27)23-5-2/h9-11,14H,4-8,12-13,15-17H2,1-3H3,(H,23,27)(H2,24,25,26). The van der Waals surface area contributed by atoms with Crippen molar-refractivity contribution in [1.29, 1.82) is 0 Å². The van der Waals surface area contributed by atoms with Gasteiger partial charge in [-0.2, -0.15) is 0 Å². The number of nitrogens with one attached hydrogen (secondary N) is 3. The van der Waals surface area contributed by atoms with E-state index in [9.17, 15) is 4.79 Å². The maximum atomic E-state index is 11.5. The van der Waals surface area contributed by atoms with Gasteiger partial charge in [0.15, 0.2) is 12.6 Å². The number of hydrogen-bond acceptors (Lipinski definition) is 3. The first-order chi connectivity index (χ1) is 13.6. The Bertz CT molecular complexity index is 639. The summed E-state index contributed by atoms with van der Waals surface area (Å²) < 4.78 is 5.57. The van der Waals surface area contributed by atoms with Crippen molar-refractivity contribution >= 4 is 11.9 Å². The first kappa shape index (κ1) is 22.1. The van der Waals surface area contributed by atoms with Gasteiger partial charge in [0, 0.05) is 19.6 Å². The monoisotopic (exact) mass is 388 g/mol. The van der Waals surface area contributed by atoms with Crippen LogP contribution in [0, 0.1) is 5.41 Å². The zero-order chi connectivity index (χ0) is 20.2. The highest BCUT2D eigenvalue weighted by Gasteiger charge is 2.31. The number of aliphatic imine (C=N–C) groups is 1. The van der Waals surface area contributed by atoms with Gasteiger partial charge in [-0.25, -0.2) is 4.99 Å². The molecule has 0 radical (unpaired) electrons. The summed E-state index contributed by atoms with van der Waals surface area (Å²) in [7, 11) is 0. The molecule has 3 N–H and O–H groups in total. The fourth-order valence-electron chi connectivity index (χ4n) is 3.69. The van der Waals surface area contributed by atoms with Crippen LogP contribution in [-0.4, -0.2) is 38.1 Å². The molecule has 0 unspecified atom stereocenters. The highest BCUT2D eigenvalue weighted by atomic mass is 16.5. The molecule has 0 aromatic heterocycles. The molecule has 2 rings (SSSR count). The molecule has 1 aliphatic carbocycles. The van der Waals surface area contributed by atoms with Gasteiger partial charge in [0.2, 0.25) is 0 Å². The number of ether oxygens (including phenoxy) is 1. The molecule has 1 saturated carbocycles. The maximum Gasteiger partial charge on any atom is 0.257 e. The Morgan fingerprint density at radius 1 is 1.11 bits per heavy atom. The summed E-state index contributed by atoms with van der Waals surface area (Å²) in [6, 6.07) is 7.76. The van der Waals surface area contributed by atoms with Crippen molar-refractivity contribution in [2.45, 2.75) is 59.4 Å². The van der Waals surface area contributed by atoms with E-state index in [1.165, 1.54) is 32.1 Å². The Kier molecular flexibility index (Phi) is 9.11. The Morgan fingerprint density at radius 3 is 2.54 bits per heavy atom. The SMILES string of the molecule is CCNC(=O)COc1cccc(CN=C(NCC)NCC2(CC)CCCC2)c1. The first-order valence-electron chi connectivity index (χ1n) is 10.6. The predicted molar refractivity (Wildman–Crippen MR) is 115 cm³/mol. The van der Waals surface area contributed by atoms with Gasteiger partial charge in [-0.3, -0.25) is 4.79 Å². The van der Waals surface area contributed by atoms with E-state index in [0.717, 1.165) is 24.6 Å². The van der Waals surface area contributed by atoms with Crippen LogP contribution < -0.4 is 20.7 Å². The number of benzene rings is 1. The summed E-state index contributed by atoms with van der Waals surface area (Å²) in [5.41, 5.74) is 1.47. The molecule has 0 saturated heterocycles. The van der Waals surface area contributed by atoms with Crippen LogP contribution in [-0.2, 0) is 11.3 Å². The third-order valence-corrected chi connectivity index (χ3v) is 5.45. The average molecular weight is 389 g/mol. The summed E-state index contributed by atoms with van der Waals surface area (Å²) >= 11 is 0. The lowest BCUT2D eigenvalue weighted by Crippen LogP contribution is -2.42. The molecule has 1 aliphatic rings. The van der Waals surface area contributed by atoms with E-state index < -0.39 is 0 Å². The topological polar surface area (TPSA) is 74.8 Å². The Labute approximate surface area is 169 Å². The number of amides is 1. The van der Waals surface area contributed by atoms with Gasteiger partial charge >= 0.3 is 0 Å². The number of carbonyl (C=O) groups is 1. The van der Waals surface area contributed by atoms with E-state index >= 15 is 0 Å².